The van der Waals surface area contributed by atoms with Crippen molar-refractivity contribution in [3.05, 3.63) is 77.3 Å². The van der Waals surface area contributed by atoms with Gasteiger partial charge in [-0.3, -0.25) is 14.4 Å². The normalized spacial score (nSPS) is 11.6. The molecule has 4 rings (SSSR count). The average Bonchev–Trinajstić information content (AvgIpc) is 3.32. The van der Waals surface area contributed by atoms with Crippen molar-refractivity contribution in [2.45, 2.75) is 9.79 Å². The van der Waals surface area contributed by atoms with E-state index in [9.17, 15) is 14.4 Å². The highest BCUT2D eigenvalue weighted by Crippen LogP contribution is 2.34. The maximum Gasteiger partial charge on any atom is 0.325 e. The number of carbonyl (C=O) groups is 3. The highest BCUT2D eigenvalue weighted by molar-refractivity contribution is 7.99. The minimum absolute atomic E-state index is 0.0963. The quantitative estimate of drug-likeness (QED) is 0.450. The van der Waals surface area contributed by atoms with Crippen LogP contribution in [0.15, 0.2) is 76.5 Å². The first kappa shape index (κ1) is 23.5. The summed E-state index contributed by atoms with van der Waals surface area (Å²) in [4.78, 5) is 38.3. The van der Waals surface area contributed by atoms with Crippen molar-refractivity contribution in [2.24, 2.45) is 0 Å². The molecule has 0 bridgehead atoms. The van der Waals surface area contributed by atoms with Gasteiger partial charge in [0.05, 0.1) is 5.69 Å². The molecule has 0 saturated heterocycles. The van der Waals surface area contributed by atoms with Crippen LogP contribution in [-0.2, 0) is 14.3 Å². The van der Waals surface area contributed by atoms with Crippen molar-refractivity contribution >= 4 is 46.8 Å². The number of anilines is 1. The van der Waals surface area contributed by atoms with Crippen LogP contribution in [0.5, 0.6) is 11.5 Å². The van der Waals surface area contributed by atoms with E-state index in [4.69, 9.17) is 25.8 Å². The monoisotopic (exact) mass is 498 g/mol. The van der Waals surface area contributed by atoms with E-state index >= 15 is 0 Å². The van der Waals surface area contributed by atoms with Crippen LogP contribution < -0.4 is 20.1 Å². The Morgan fingerprint density at radius 2 is 1.74 bits per heavy atom. The summed E-state index contributed by atoms with van der Waals surface area (Å²) in [5, 5.41) is 5.82. The number of carbonyl (C=O) groups excluding carboxylic acids is 3. The van der Waals surface area contributed by atoms with E-state index in [0.29, 0.717) is 27.8 Å². The summed E-state index contributed by atoms with van der Waals surface area (Å²) in [6.07, 6.45) is 0. The lowest BCUT2D eigenvalue weighted by molar-refractivity contribution is -0.146. The molecule has 0 unspecified atom stereocenters. The molecule has 0 fully saturated rings. The summed E-state index contributed by atoms with van der Waals surface area (Å²) < 4.78 is 15.4. The molecule has 1 aliphatic heterocycles. The molecule has 0 aliphatic carbocycles. The number of rotatable bonds is 8. The van der Waals surface area contributed by atoms with Crippen molar-refractivity contribution in [3.8, 4) is 11.5 Å². The van der Waals surface area contributed by atoms with Crippen molar-refractivity contribution < 1.29 is 28.6 Å². The van der Waals surface area contributed by atoms with Gasteiger partial charge < -0.3 is 24.8 Å². The van der Waals surface area contributed by atoms with Crippen molar-refractivity contribution in [1.82, 2.24) is 5.32 Å². The summed E-state index contributed by atoms with van der Waals surface area (Å²) in [5.41, 5.74) is 0.893. The molecule has 2 N–H and O–H groups in total. The maximum atomic E-state index is 12.3. The van der Waals surface area contributed by atoms with E-state index in [1.807, 2.05) is 24.3 Å². The summed E-state index contributed by atoms with van der Waals surface area (Å²) in [6, 6.07) is 19.3. The molecule has 0 atom stereocenters. The summed E-state index contributed by atoms with van der Waals surface area (Å²) >= 11 is 7.39. The zero-order chi connectivity index (χ0) is 23.9. The van der Waals surface area contributed by atoms with E-state index in [-0.39, 0.29) is 13.3 Å². The average molecular weight is 499 g/mol. The number of ether oxygens (including phenoxy) is 3. The van der Waals surface area contributed by atoms with E-state index in [1.165, 1.54) is 17.8 Å². The van der Waals surface area contributed by atoms with E-state index in [0.717, 1.165) is 9.79 Å². The summed E-state index contributed by atoms with van der Waals surface area (Å²) in [6.45, 7) is -0.776. The lowest BCUT2D eigenvalue weighted by atomic mass is 10.2. The molecule has 0 saturated carbocycles. The van der Waals surface area contributed by atoms with Crippen LogP contribution in [0.2, 0.25) is 5.02 Å². The number of esters is 1. The van der Waals surface area contributed by atoms with Gasteiger partial charge in [0.25, 0.3) is 11.8 Å². The fourth-order valence-corrected chi connectivity index (χ4v) is 3.99. The van der Waals surface area contributed by atoms with Gasteiger partial charge in [0.15, 0.2) is 18.1 Å². The van der Waals surface area contributed by atoms with Gasteiger partial charge in [-0.25, -0.2) is 0 Å². The number of para-hydroxylation sites is 1. The van der Waals surface area contributed by atoms with Crippen LogP contribution in [0.3, 0.4) is 0 Å². The lowest BCUT2D eigenvalue weighted by Crippen LogP contribution is -2.32. The first-order chi connectivity index (χ1) is 16.5. The Balaban J connectivity index is 1.24. The second-order valence-electron chi connectivity index (χ2n) is 7.01. The van der Waals surface area contributed by atoms with Gasteiger partial charge in [-0.05, 0) is 54.6 Å². The van der Waals surface area contributed by atoms with Crippen LogP contribution >= 0.6 is 23.4 Å². The van der Waals surface area contributed by atoms with Gasteiger partial charge in [0.2, 0.25) is 6.79 Å². The topological polar surface area (TPSA) is 103 Å². The molecule has 0 spiro atoms. The molecule has 0 aromatic heterocycles. The molecule has 2 amide bonds. The van der Waals surface area contributed by atoms with Gasteiger partial charge in [-0.1, -0.05) is 35.5 Å². The SMILES string of the molecule is O=C(COC(=O)CNC(=O)c1ccc2c(c1)OCO2)Nc1ccccc1Sc1ccc(Cl)cc1. The molecular weight excluding hydrogens is 480 g/mol. The van der Waals surface area contributed by atoms with Crippen LogP contribution in [-0.4, -0.2) is 37.7 Å². The largest absolute Gasteiger partial charge is 0.454 e. The van der Waals surface area contributed by atoms with Gasteiger partial charge in [0.1, 0.15) is 6.54 Å². The zero-order valence-corrected chi connectivity index (χ0v) is 19.3. The van der Waals surface area contributed by atoms with Gasteiger partial charge in [0, 0.05) is 20.4 Å². The molecule has 3 aromatic rings. The first-order valence-corrected chi connectivity index (χ1v) is 11.3. The molecule has 174 valence electrons. The van der Waals surface area contributed by atoms with Crippen molar-refractivity contribution in [1.29, 1.82) is 0 Å². The minimum atomic E-state index is -0.743. The number of halogens is 1. The van der Waals surface area contributed by atoms with Gasteiger partial charge >= 0.3 is 5.97 Å². The van der Waals surface area contributed by atoms with Crippen LogP contribution in [0.4, 0.5) is 5.69 Å². The Hall–Kier alpha value is -3.69. The Morgan fingerprint density at radius 3 is 2.56 bits per heavy atom. The number of hydrogen-bond acceptors (Lipinski definition) is 7. The molecule has 8 nitrogen and oxygen atoms in total. The fraction of sp³-hybridized carbons (Fsp3) is 0.125. The molecule has 3 aromatic carbocycles. The first-order valence-electron chi connectivity index (χ1n) is 10.1. The van der Waals surface area contributed by atoms with Gasteiger partial charge in [-0.2, -0.15) is 0 Å². The Morgan fingerprint density at radius 1 is 0.971 bits per heavy atom. The maximum absolute atomic E-state index is 12.3. The van der Waals surface area contributed by atoms with Crippen LogP contribution in [0.1, 0.15) is 10.4 Å². The number of benzene rings is 3. The molecule has 1 aliphatic rings. The molecule has 34 heavy (non-hydrogen) atoms. The van der Waals surface area contributed by atoms with Crippen LogP contribution in [0, 0.1) is 0 Å². The standard InChI is InChI=1S/C24H19ClN2O6S/c25-16-6-8-17(9-7-16)34-21-4-2-1-3-18(21)27-22(28)13-31-23(29)12-26-24(30)15-5-10-19-20(11-15)33-14-32-19/h1-11H,12-14H2,(H,26,30)(H,27,28). The van der Waals surface area contributed by atoms with Crippen molar-refractivity contribution in [3.63, 3.8) is 0 Å². The number of fused-ring (bicyclic) bond motifs is 1. The highest BCUT2D eigenvalue weighted by Gasteiger charge is 2.17. The molecular formula is C24H19ClN2O6S. The third-order valence-electron chi connectivity index (χ3n) is 4.59. The lowest BCUT2D eigenvalue weighted by Gasteiger charge is -2.11. The van der Waals surface area contributed by atoms with Crippen molar-refractivity contribution in [2.75, 3.05) is 25.3 Å². The smallest absolute Gasteiger partial charge is 0.325 e. The number of hydrogen-bond donors (Lipinski definition) is 2. The third-order valence-corrected chi connectivity index (χ3v) is 5.93. The minimum Gasteiger partial charge on any atom is -0.454 e. The van der Waals surface area contributed by atoms with E-state index in [2.05, 4.69) is 10.6 Å². The number of amides is 2. The molecule has 10 heteroatoms. The second kappa shape index (κ2) is 11.0. The fourth-order valence-electron chi connectivity index (χ4n) is 2.96. The zero-order valence-electron chi connectivity index (χ0n) is 17.7. The molecule has 1 heterocycles. The Labute approximate surface area is 204 Å². The predicted molar refractivity (Wildman–Crippen MR) is 127 cm³/mol. The second-order valence-corrected chi connectivity index (χ2v) is 8.56. The Kier molecular flexibility index (Phi) is 7.56. The van der Waals surface area contributed by atoms with E-state index in [1.54, 1.807) is 36.4 Å². The molecule has 0 radical (unpaired) electrons. The highest BCUT2D eigenvalue weighted by atomic mass is 35.5. The predicted octanol–water partition coefficient (Wildman–Crippen LogP) is 4.13. The van der Waals surface area contributed by atoms with E-state index < -0.39 is 24.4 Å². The van der Waals surface area contributed by atoms with Crippen LogP contribution in [0.25, 0.3) is 0 Å². The third kappa shape index (κ3) is 6.21. The summed E-state index contributed by atoms with van der Waals surface area (Å²) in [5.74, 6) is -0.711. The number of nitrogens with one attached hydrogen (secondary N) is 2. The summed E-state index contributed by atoms with van der Waals surface area (Å²) in [7, 11) is 0. The van der Waals surface area contributed by atoms with Gasteiger partial charge in [-0.15, -0.1) is 0 Å². The Bertz CT molecular complexity index is 1220.